The Kier molecular flexibility index (Phi) is 7.15. The molecule has 0 aromatic rings. The van der Waals surface area contributed by atoms with Crippen LogP contribution in [0, 0.1) is 0 Å². The zero-order valence-electron chi connectivity index (χ0n) is 12.4. The lowest BCUT2D eigenvalue weighted by Crippen LogP contribution is -2.50. The van der Waals surface area contributed by atoms with E-state index in [1.165, 1.54) is 0 Å². The number of ether oxygens (including phenoxy) is 1. The SMILES string of the molecule is CC(C)N(CCCO)CC1CN(C(C)C)CCO1. The van der Waals surface area contributed by atoms with Gasteiger partial charge in [0.15, 0.2) is 0 Å². The summed E-state index contributed by atoms with van der Waals surface area (Å²) in [5.74, 6) is 0. The van der Waals surface area contributed by atoms with Gasteiger partial charge in [0.05, 0.1) is 12.7 Å². The zero-order valence-corrected chi connectivity index (χ0v) is 12.4. The standard InChI is InChI=1S/C14H30N2O2/c1-12(2)15(6-5-8-17)10-14-11-16(13(3)4)7-9-18-14/h12-14,17H,5-11H2,1-4H3. The van der Waals surface area contributed by atoms with Gasteiger partial charge in [0, 0.05) is 44.9 Å². The average Bonchev–Trinajstić information content (AvgIpc) is 2.34. The Bertz CT molecular complexity index is 222. The van der Waals surface area contributed by atoms with Crippen molar-refractivity contribution in [3.63, 3.8) is 0 Å². The van der Waals surface area contributed by atoms with Crippen molar-refractivity contribution in [2.45, 2.75) is 52.3 Å². The maximum Gasteiger partial charge on any atom is 0.0829 e. The molecule has 1 unspecified atom stereocenters. The van der Waals surface area contributed by atoms with Gasteiger partial charge in [0.1, 0.15) is 0 Å². The van der Waals surface area contributed by atoms with E-state index in [1.807, 2.05) is 0 Å². The molecule has 0 amide bonds. The molecule has 1 N–H and O–H groups in total. The van der Waals surface area contributed by atoms with Crippen molar-refractivity contribution in [1.82, 2.24) is 9.80 Å². The van der Waals surface area contributed by atoms with Crippen molar-refractivity contribution < 1.29 is 9.84 Å². The van der Waals surface area contributed by atoms with E-state index in [0.29, 0.717) is 18.2 Å². The number of aliphatic hydroxyl groups excluding tert-OH is 1. The highest BCUT2D eigenvalue weighted by Crippen LogP contribution is 2.11. The van der Waals surface area contributed by atoms with Crippen LogP contribution in [-0.4, -0.2) is 72.5 Å². The smallest absolute Gasteiger partial charge is 0.0829 e. The third-order valence-corrected chi connectivity index (χ3v) is 3.67. The summed E-state index contributed by atoms with van der Waals surface area (Å²) in [5, 5.41) is 8.95. The van der Waals surface area contributed by atoms with Gasteiger partial charge in [-0.15, -0.1) is 0 Å². The van der Waals surface area contributed by atoms with E-state index < -0.39 is 0 Å². The largest absolute Gasteiger partial charge is 0.396 e. The first-order chi connectivity index (χ1) is 8.54. The van der Waals surface area contributed by atoms with Crippen LogP contribution < -0.4 is 0 Å². The Morgan fingerprint density at radius 3 is 2.61 bits per heavy atom. The first-order valence-corrected chi connectivity index (χ1v) is 7.25. The summed E-state index contributed by atoms with van der Waals surface area (Å²) in [5.41, 5.74) is 0. The molecule has 0 aromatic carbocycles. The minimum absolute atomic E-state index is 0.271. The summed E-state index contributed by atoms with van der Waals surface area (Å²) < 4.78 is 5.87. The second kappa shape index (κ2) is 8.10. The van der Waals surface area contributed by atoms with Gasteiger partial charge in [-0.25, -0.2) is 0 Å². The van der Waals surface area contributed by atoms with Crippen molar-refractivity contribution in [3.05, 3.63) is 0 Å². The van der Waals surface area contributed by atoms with Gasteiger partial charge in [-0.1, -0.05) is 0 Å². The first-order valence-electron chi connectivity index (χ1n) is 7.25. The summed E-state index contributed by atoms with van der Waals surface area (Å²) in [4.78, 5) is 4.89. The fourth-order valence-electron chi connectivity index (χ4n) is 2.42. The molecule has 18 heavy (non-hydrogen) atoms. The molecule has 108 valence electrons. The molecule has 0 bridgehead atoms. The lowest BCUT2D eigenvalue weighted by atomic mass is 10.2. The molecule has 1 rings (SSSR count). The van der Waals surface area contributed by atoms with Crippen molar-refractivity contribution >= 4 is 0 Å². The molecule has 0 radical (unpaired) electrons. The number of hydrogen-bond acceptors (Lipinski definition) is 4. The zero-order chi connectivity index (χ0) is 13.5. The van der Waals surface area contributed by atoms with Crippen LogP contribution in [0.2, 0.25) is 0 Å². The molecule has 0 aromatic heterocycles. The molecule has 1 heterocycles. The fraction of sp³-hybridized carbons (Fsp3) is 1.00. The second-order valence-electron chi connectivity index (χ2n) is 5.75. The van der Waals surface area contributed by atoms with Crippen molar-refractivity contribution in [2.75, 3.05) is 39.4 Å². The fourth-order valence-corrected chi connectivity index (χ4v) is 2.42. The number of aliphatic hydroxyl groups is 1. The van der Waals surface area contributed by atoms with E-state index in [1.54, 1.807) is 0 Å². The molecular formula is C14H30N2O2. The average molecular weight is 258 g/mol. The number of nitrogens with zero attached hydrogens (tertiary/aromatic N) is 2. The van der Waals surface area contributed by atoms with E-state index in [9.17, 15) is 0 Å². The topological polar surface area (TPSA) is 35.9 Å². The Morgan fingerprint density at radius 1 is 1.33 bits per heavy atom. The minimum atomic E-state index is 0.271. The summed E-state index contributed by atoms with van der Waals surface area (Å²) >= 11 is 0. The molecule has 1 aliphatic rings. The van der Waals surface area contributed by atoms with Gasteiger partial charge < -0.3 is 9.84 Å². The summed E-state index contributed by atoms with van der Waals surface area (Å²) in [6.45, 7) is 14.0. The summed E-state index contributed by atoms with van der Waals surface area (Å²) in [6, 6.07) is 1.11. The van der Waals surface area contributed by atoms with Gasteiger partial charge in [-0.3, -0.25) is 9.80 Å². The first kappa shape index (κ1) is 15.9. The third kappa shape index (κ3) is 5.22. The molecule has 1 fully saturated rings. The third-order valence-electron chi connectivity index (χ3n) is 3.67. The summed E-state index contributed by atoms with van der Waals surface area (Å²) in [7, 11) is 0. The van der Waals surface area contributed by atoms with Crippen molar-refractivity contribution in [2.24, 2.45) is 0 Å². The highest BCUT2D eigenvalue weighted by molar-refractivity contribution is 4.78. The molecule has 1 saturated heterocycles. The maximum absolute atomic E-state index is 8.95. The van der Waals surface area contributed by atoms with E-state index in [2.05, 4.69) is 37.5 Å². The Labute approximate surface area is 112 Å². The van der Waals surface area contributed by atoms with Gasteiger partial charge in [0.25, 0.3) is 0 Å². The maximum atomic E-state index is 8.95. The highest BCUT2D eigenvalue weighted by atomic mass is 16.5. The molecule has 4 heteroatoms. The predicted octanol–water partition coefficient (Wildman–Crippen LogP) is 1.19. The van der Waals surface area contributed by atoms with Crippen LogP contribution in [0.4, 0.5) is 0 Å². The quantitative estimate of drug-likeness (QED) is 0.744. The molecule has 1 atom stereocenters. The molecule has 1 aliphatic heterocycles. The molecular weight excluding hydrogens is 228 g/mol. The Hall–Kier alpha value is -0.160. The molecule has 0 saturated carbocycles. The number of morpholine rings is 1. The monoisotopic (exact) mass is 258 g/mol. The van der Waals surface area contributed by atoms with Crippen LogP contribution >= 0.6 is 0 Å². The minimum Gasteiger partial charge on any atom is -0.396 e. The van der Waals surface area contributed by atoms with Gasteiger partial charge >= 0.3 is 0 Å². The van der Waals surface area contributed by atoms with Crippen LogP contribution in [0.15, 0.2) is 0 Å². The van der Waals surface area contributed by atoms with Crippen LogP contribution in [-0.2, 0) is 4.74 Å². The Morgan fingerprint density at radius 2 is 2.06 bits per heavy atom. The van der Waals surface area contributed by atoms with E-state index >= 15 is 0 Å². The highest BCUT2D eigenvalue weighted by Gasteiger charge is 2.24. The lowest BCUT2D eigenvalue weighted by Gasteiger charge is -2.38. The number of hydrogen-bond donors (Lipinski definition) is 1. The second-order valence-corrected chi connectivity index (χ2v) is 5.75. The van der Waals surface area contributed by atoms with Crippen LogP contribution in [0.3, 0.4) is 0 Å². The van der Waals surface area contributed by atoms with Gasteiger partial charge in [-0.05, 0) is 34.1 Å². The Balaban J connectivity index is 2.42. The van der Waals surface area contributed by atoms with Crippen LogP contribution in [0.5, 0.6) is 0 Å². The molecule has 4 nitrogen and oxygen atoms in total. The normalized spacial score (nSPS) is 22.3. The van der Waals surface area contributed by atoms with E-state index in [4.69, 9.17) is 9.84 Å². The molecule has 0 spiro atoms. The van der Waals surface area contributed by atoms with Crippen LogP contribution in [0.25, 0.3) is 0 Å². The van der Waals surface area contributed by atoms with E-state index in [0.717, 1.165) is 39.2 Å². The number of rotatable bonds is 7. The van der Waals surface area contributed by atoms with Crippen molar-refractivity contribution in [3.8, 4) is 0 Å². The van der Waals surface area contributed by atoms with Crippen LogP contribution in [0.1, 0.15) is 34.1 Å². The molecule has 0 aliphatic carbocycles. The lowest BCUT2D eigenvalue weighted by molar-refractivity contribution is -0.0558. The predicted molar refractivity (Wildman–Crippen MR) is 74.9 cm³/mol. The van der Waals surface area contributed by atoms with E-state index in [-0.39, 0.29) is 6.61 Å². The van der Waals surface area contributed by atoms with Gasteiger partial charge in [0.2, 0.25) is 0 Å². The van der Waals surface area contributed by atoms with Gasteiger partial charge in [-0.2, -0.15) is 0 Å². The van der Waals surface area contributed by atoms with Crippen molar-refractivity contribution in [1.29, 1.82) is 0 Å². The summed E-state index contributed by atoms with van der Waals surface area (Å²) in [6.07, 6.45) is 1.15.